The first-order valence-corrected chi connectivity index (χ1v) is 8.14. The van der Waals surface area contributed by atoms with Crippen LogP contribution < -0.4 is 21.3 Å². The lowest BCUT2D eigenvalue weighted by Crippen LogP contribution is -2.52. The lowest BCUT2D eigenvalue weighted by Gasteiger charge is -2.29. The van der Waals surface area contributed by atoms with Gasteiger partial charge in [0.1, 0.15) is 0 Å². The molecule has 2 saturated heterocycles. The van der Waals surface area contributed by atoms with E-state index in [0.717, 1.165) is 55.9 Å². The number of nitrogens with one attached hydrogen (secondary N) is 2. The monoisotopic (exact) mass is 311 g/mol. The van der Waals surface area contributed by atoms with Gasteiger partial charge in [-0.3, -0.25) is 4.57 Å². The maximum atomic E-state index is 12.6. The van der Waals surface area contributed by atoms with Gasteiger partial charge in [-0.2, -0.15) is 0 Å². The number of hydrogen-bond donors (Lipinski definition) is 2. The van der Waals surface area contributed by atoms with E-state index in [1.807, 2.05) is 29.9 Å². The average Bonchev–Trinajstić information content (AvgIpc) is 2.78. The lowest BCUT2D eigenvalue weighted by atomic mass is 10.0. The molecule has 0 bridgehead atoms. The Hall–Kier alpha value is -2.23. The number of rotatable bonds is 1. The molecule has 2 fully saturated rings. The van der Waals surface area contributed by atoms with Crippen molar-refractivity contribution in [3.05, 3.63) is 34.2 Å². The number of hydrogen-bond acceptors (Lipinski definition) is 4. The molecule has 0 radical (unpaired) electrons. The van der Waals surface area contributed by atoms with Crippen molar-refractivity contribution in [1.29, 1.82) is 0 Å². The van der Waals surface area contributed by atoms with E-state index in [1.165, 1.54) is 0 Å². The first-order chi connectivity index (χ1) is 11.2. The van der Waals surface area contributed by atoms with Gasteiger partial charge in [-0.25, -0.2) is 9.47 Å². The number of benzene rings is 1. The van der Waals surface area contributed by atoms with Crippen LogP contribution in [-0.4, -0.2) is 48.5 Å². The molecule has 0 saturated carbocycles. The van der Waals surface area contributed by atoms with E-state index in [9.17, 15) is 4.79 Å². The number of nitrogens with zero attached hydrogens (tertiary/aromatic N) is 3. The molecule has 2 N–H and O–H groups in total. The Morgan fingerprint density at radius 2 is 1.91 bits per heavy atom. The molecule has 0 aliphatic carbocycles. The van der Waals surface area contributed by atoms with Gasteiger partial charge in [0.2, 0.25) is 0 Å². The molecule has 1 aromatic carbocycles. The minimum Gasteiger partial charge on any atom is -0.314 e. The Kier molecular flexibility index (Phi) is 3.60. The van der Waals surface area contributed by atoms with Crippen LogP contribution in [0.15, 0.2) is 23.0 Å². The average molecular weight is 311 g/mol. The van der Waals surface area contributed by atoms with Crippen molar-refractivity contribution in [2.45, 2.75) is 0 Å². The quantitative estimate of drug-likeness (QED) is 0.694. The molecule has 0 unspecified atom stereocenters. The van der Waals surface area contributed by atoms with Crippen LogP contribution in [-0.2, 0) is 7.05 Å². The second-order valence-corrected chi connectivity index (χ2v) is 6.19. The molecule has 2 aliphatic rings. The first kappa shape index (κ1) is 14.4. The molecule has 6 heteroatoms. The van der Waals surface area contributed by atoms with Gasteiger partial charge in [0.25, 0.3) is 0 Å². The topological polar surface area (TPSA) is 54.2 Å². The minimum absolute atomic E-state index is 0.00945. The van der Waals surface area contributed by atoms with E-state index in [4.69, 9.17) is 0 Å². The predicted octanol–water partition coefficient (Wildman–Crippen LogP) is -0.548. The molecular weight excluding hydrogens is 290 g/mol. The van der Waals surface area contributed by atoms with E-state index < -0.39 is 0 Å². The highest BCUT2D eigenvalue weighted by molar-refractivity contribution is 5.78. The molecular formula is C17H21N5O. The van der Waals surface area contributed by atoms with Gasteiger partial charge in [-0.1, -0.05) is 11.8 Å². The number of piperazine rings is 1. The molecule has 6 nitrogen and oxygen atoms in total. The van der Waals surface area contributed by atoms with Gasteiger partial charge in [0.15, 0.2) is 0 Å². The van der Waals surface area contributed by atoms with Crippen molar-refractivity contribution in [2.75, 3.05) is 44.3 Å². The van der Waals surface area contributed by atoms with Gasteiger partial charge >= 0.3 is 5.69 Å². The van der Waals surface area contributed by atoms with Crippen LogP contribution in [0.1, 0.15) is 5.56 Å². The Balaban J connectivity index is 1.75. The SMILES string of the molecule is Cn1c(=O)n(N2CCNCC2)c2ccc(C#CC3CNC3)cc21. The van der Waals surface area contributed by atoms with Gasteiger partial charge in [0, 0.05) is 57.8 Å². The molecule has 23 heavy (non-hydrogen) atoms. The summed E-state index contributed by atoms with van der Waals surface area (Å²) in [7, 11) is 1.83. The third-order valence-electron chi connectivity index (χ3n) is 4.61. The number of imidazole rings is 1. The highest BCUT2D eigenvalue weighted by Crippen LogP contribution is 2.15. The highest BCUT2D eigenvalue weighted by Gasteiger charge is 2.18. The fourth-order valence-electron chi connectivity index (χ4n) is 3.10. The van der Waals surface area contributed by atoms with Crippen molar-refractivity contribution in [3.63, 3.8) is 0 Å². The summed E-state index contributed by atoms with van der Waals surface area (Å²) < 4.78 is 3.52. The van der Waals surface area contributed by atoms with E-state index in [2.05, 4.69) is 27.5 Å². The van der Waals surface area contributed by atoms with Gasteiger partial charge in [-0.05, 0) is 18.2 Å². The van der Waals surface area contributed by atoms with E-state index in [0.29, 0.717) is 5.92 Å². The Morgan fingerprint density at radius 3 is 2.61 bits per heavy atom. The standard InChI is InChI=1S/C17H21N5O/c1-20-16-10-13(2-3-14-11-19-12-14)4-5-15(16)22(17(20)23)21-8-6-18-7-9-21/h4-5,10,14,18-19H,6-9,11-12H2,1H3. The molecule has 2 aromatic rings. The van der Waals surface area contributed by atoms with E-state index >= 15 is 0 Å². The maximum Gasteiger partial charge on any atom is 0.347 e. The minimum atomic E-state index is 0.00945. The van der Waals surface area contributed by atoms with Crippen LogP contribution in [0.25, 0.3) is 11.0 Å². The first-order valence-electron chi connectivity index (χ1n) is 8.14. The van der Waals surface area contributed by atoms with Gasteiger partial charge < -0.3 is 15.6 Å². The Morgan fingerprint density at radius 1 is 1.13 bits per heavy atom. The third kappa shape index (κ3) is 2.52. The van der Waals surface area contributed by atoms with Crippen molar-refractivity contribution in [1.82, 2.24) is 19.9 Å². The Bertz CT molecular complexity index is 843. The van der Waals surface area contributed by atoms with Crippen LogP contribution >= 0.6 is 0 Å². The summed E-state index contributed by atoms with van der Waals surface area (Å²) in [6, 6.07) is 6.05. The van der Waals surface area contributed by atoms with Crippen molar-refractivity contribution >= 4 is 11.0 Å². The smallest absolute Gasteiger partial charge is 0.314 e. The molecule has 4 rings (SSSR count). The predicted molar refractivity (Wildman–Crippen MR) is 91.2 cm³/mol. The molecule has 0 amide bonds. The highest BCUT2D eigenvalue weighted by atomic mass is 16.2. The summed E-state index contributed by atoms with van der Waals surface area (Å²) in [5, 5.41) is 8.66. The summed E-state index contributed by atoms with van der Waals surface area (Å²) in [4.78, 5) is 12.6. The molecule has 1 aromatic heterocycles. The van der Waals surface area contributed by atoms with Crippen LogP contribution in [0, 0.1) is 17.8 Å². The summed E-state index contributed by atoms with van der Waals surface area (Å²) in [5.41, 5.74) is 2.87. The van der Waals surface area contributed by atoms with Gasteiger partial charge in [0.05, 0.1) is 11.0 Å². The normalized spacial score (nSPS) is 18.6. The number of aryl methyl sites for hydroxylation is 1. The molecule has 2 aliphatic heterocycles. The van der Waals surface area contributed by atoms with Crippen LogP contribution in [0.3, 0.4) is 0 Å². The maximum absolute atomic E-state index is 12.6. The van der Waals surface area contributed by atoms with Crippen molar-refractivity contribution < 1.29 is 0 Å². The number of aromatic nitrogens is 2. The van der Waals surface area contributed by atoms with E-state index in [-0.39, 0.29) is 5.69 Å². The molecule has 0 atom stereocenters. The summed E-state index contributed by atoms with van der Waals surface area (Å²) in [5.74, 6) is 6.97. The van der Waals surface area contributed by atoms with Gasteiger partial charge in [-0.15, -0.1) is 0 Å². The second kappa shape index (κ2) is 5.76. The molecule has 120 valence electrons. The number of fused-ring (bicyclic) bond motifs is 1. The lowest BCUT2D eigenvalue weighted by molar-refractivity contribution is 0.432. The third-order valence-corrected chi connectivity index (χ3v) is 4.61. The van der Waals surface area contributed by atoms with Crippen LogP contribution in [0.4, 0.5) is 0 Å². The van der Waals surface area contributed by atoms with E-state index in [1.54, 1.807) is 4.57 Å². The van der Waals surface area contributed by atoms with Crippen LogP contribution in [0.2, 0.25) is 0 Å². The summed E-state index contributed by atoms with van der Waals surface area (Å²) in [6.07, 6.45) is 0. The zero-order valence-corrected chi connectivity index (χ0v) is 13.3. The molecule has 0 spiro atoms. The zero-order chi connectivity index (χ0) is 15.8. The largest absolute Gasteiger partial charge is 0.347 e. The summed E-state index contributed by atoms with van der Waals surface area (Å²) >= 11 is 0. The fraction of sp³-hybridized carbons (Fsp3) is 0.471. The van der Waals surface area contributed by atoms with Crippen molar-refractivity contribution in [2.24, 2.45) is 13.0 Å². The second-order valence-electron chi connectivity index (χ2n) is 6.19. The molecule has 3 heterocycles. The summed E-state index contributed by atoms with van der Waals surface area (Å²) in [6.45, 7) is 5.45. The Labute approximate surface area is 135 Å². The van der Waals surface area contributed by atoms with Crippen molar-refractivity contribution in [3.8, 4) is 11.8 Å². The zero-order valence-electron chi connectivity index (χ0n) is 13.3. The fourth-order valence-corrected chi connectivity index (χ4v) is 3.10. The van der Waals surface area contributed by atoms with Crippen LogP contribution in [0.5, 0.6) is 0 Å².